The van der Waals surface area contributed by atoms with E-state index < -0.39 is 0 Å². The highest BCUT2D eigenvalue weighted by Crippen LogP contribution is 2.23. The molecule has 146 valence electrons. The van der Waals surface area contributed by atoms with Gasteiger partial charge in [0.2, 0.25) is 5.91 Å². The van der Waals surface area contributed by atoms with E-state index in [-0.39, 0.29) is 30.1 Å². The summed E-state index contributed by atoms with van der Waals surface area (Å²) in [5.74, 6) is 0.769. The van der Waals surface area contributed by atoms with Crippen LogP contribution < -0.4 is 5.32 Å². The molecule has 2 aromatic rings. The van der Waals surface area contributed by atoms with Gasteiger partial charge in [0, 0.05) is 17.1 Å². The van der Waals surface area contributed by atoms with Crippen LogP contribution in [0.5, 0.6) is 5.75 Å². The summed E-state index contributed by atoms with van der Waals surface area (Å²) in [7, 11) is 0. The molecule has 1 fully saturated rings. The van der Waals surface area contributed by atoms with Gasteiger partial charge in [-0.1, -0.05) is 6.07 Å². The van der Waals surface area contributed by atoms with Gasteiger partial charge in [-0.25, -0.2) is 0 Å². The molecule has 2 N–H and O–H groups in total. The Kier molecular flexibility index (Phi) is 8.91. The van der Waals surface area contributed by atoms with Crippen molar-refractivity contribution in [2.24, 2.45) is 0 Å². The molecule has 0 saturated carbocycles. The number of nitrogens with one attached hydrogen (secondary N) is 1. The number of phenolic OH excluding ortho intramolecular Hbond substituents is 1. The quantitative estimate of drug-likeness (QED) is 0.718. The molecular formula is C20H26ClN3O2S. The second-order valence-electron chi connectivity index (χ2n) is 6.46. The highest BCUT2D eigenvalue weighted by molar-refractivity contribution is 8.00. The molecule has 1 aromatic heterocycles. The molecule has 0 bridgehead atoms. The molecular weight excluding hydrogens is 382 g/mol. The van der Waals surface area contributed by atoms with E-state index in [2.05, 4.69) is 10.3 Å². The molecule has 1 atom stereocenters. The molecule has 1 aliphatic heterocycles. The van der Waals surface area contributed by atoms with Crippen LogP contribution in [0.2, 0.25) is 0 Å². The summed E-state index contributed by atoms with van der Waals surface area (Å²) in [6.07, 6.45) is 4.86. The van der Waals surface area contributed by atoms with Crippen LogP contribution in [0.4, 0.5) is 0 Å². The number of phenols is 1. The Bertz CT molecular complexity index is 692. The Morgan fingerprint density at radius 2 is 2.00 bits per heavy atom. The maximum Gasteiger partial charge on any atom is 0.233 e. The number of hydrogen-bond acceptors (Lipinski definition) is 5. The number of pyridine rings is 1. The number of benzene rings is 1. The third kappa shape index (κ3) is 6.72. The number of aromatic nitrogens is 1. The van der Waals surface area contributed by atoms with Crippen LogP contribution in [-0.2, 0) is 11.3 Å². The van der Waals surface area contributed by atoms with Crippen molar-refractivity contribution in [3.63, 3.8) is 0 Å². The zero-order valence-corrected chi connectivity index (χ0v) is 16.8. The Balaban J connectivity index is 0.00000261. The first-order valence-electron chi connectivity index (χ1n) is 9.04. The number of carbonyl (C=O) groups excluding carboxylic acids is 1. The molecule has 7 heteroatoms. The predicted molar refractivity (Wildman–Crippen MR) is 111 cm³/mol. The molecule has 1 aliphatic rings. The zero-order chi connectivity index (χ0) is 18.2. The fourth-order valence-corrected chi connectivity index (χ4v) is 3.95. The van der Waals surface area contributed by atoms with E-state index >= 15 is 0 Å². The highest BCUT2D eigenvalue weighted by Gasteiger charge is 2.25. The van der Waals surface area contributed by atoms with Crippen LogP contribution in [0.3, 0.4) is 0 Å². The van der Waals surface area contributed by atoms with Crippen molar-refractivity contribution in [1.82, 2.24) is 15.2 Å². The monoisotopic (exact) mass is 407 g/mol. The van der Waals surface area contributed by atoms with Gasteiger partial charge in [-0.3, -0.25) is 9.78 Å². The van der Waals surface area contributed by atoms with Crippen LogP contribution in [0.25, 0.3) is 0 Å². The number of rotatable bonds is 6. The zero-order valence-electron chi connectivity index (χ0n) is 15.2. The van der Waals surface area contributed by atoms with Crippen molar-refractivity contribution in [3.8, 4) is 5.75 Å². The van der Waals surface area contributed by atoms with Crippen LogP contribution >= 0.6 is 24.2 Å². The number of aromatic hydroxyl groups is 1. The van der Waals surface area contributed by atoms with Gasteiger partial charge in [0.15, 0.2) is 0 Å². The van der Waals surface area contributed by atoms with Crippen molar-refractivity contribution in [1.29, 1.82) is 0 Å². The van der Waals surface area contributed by atoms with Crippen molar-refractivity contribution < 1.29 is 9.90 Å². The lowest BCUT2D eigenvalue weighted by Crippen LogP contribution is -2.41. The minimum Gasteiger partial charge on any atom is -0.508 e. The van der Waals surface area contributed by atoms with E-state index in [4.69, 9.17) is 0 Å². The van der Waals surface area contributed by atoms with Crippen LogP contribution in [-0.4, -0.2) is 45.8 Å². The van der Waals surface area contributed by atoms with E-state index in [1.165, 1.54) is 11.8 Å². The van der Waals surface area contributed by atoms with Crippen molar-refractivity contribution in [2.75, 3.05) is 18.8 Å². The predicted octanol–water partition coefficient (Wildman–Crippen LogP) is 3.47. The number of amides is 1. The van der Waals surface area contributed by atoms with Gasteiger partial charge in [0.1, 0.15) is 5.75 Å². The smallest absolute Gasteiger partial charge is 0.233 e. The van der Waals surface area contributed by atoms with E-state index in [0.717, 1.165) is 42.9 Å². The van der Waals surface area contributed by atoms with E-state index in [0.29, 0.717) is 12.3 Å². The van der Waals surface area contributed by atoms with Gasteiger partial charge in [0.05, 0.1) is 18.0 Å². The summed E-state index contributed by atoms with van der Waals surface area (Å²) in [6.45, 7) is 2.52. The largest absolute Gasteiger partial charge is 0.508 e. The summed E-state index contributed by atoms with van der Waals surface area (Å²) in [5.41, 5.74) is 0.924. The van der Waals surface area contributed by atoms with Gasteiger partial charge in [0.25, 0.3) is 0 Å². The lowest BCUT2D eigenvalue weighted by molar-refractivity contribution is -0.131. The maximum atomic E-state index is 13.0. The second kappa shape index (κ2) is 11.2. The van der Waals surface area contributed by atoms with E-state index in [1.54, 1.807) is 18.3 Å². The van der Waals surface area contributed by atoms with Gasteiger partial charge in [-0.15, -0.1) is 24.2 Å². The Hall–Kier alpha value is -1.76. The summed E-state index contributed by atoms with van der Waals surface area (Å²) >= 11 is 1.51. The van der Waals surface area contributed by atoms with Crippen molar-refractivity contribution in [3.05, 3.63) is 54.4 Å². The molecule has 1 amide bonds. The first-order valence-corrected chi connectivity index (χ1v) is 10.0. The molecule has 0 radical (unpaired) electrons. The SMILES string of the molecule is Cl.O=C(CSc1ccc(O)cc1)N(Cc1ccccn1)C1CCCNCC1. The summed E-state index contributed by atoms with van der Waals surface area (Å²) < 4.78 is 0. The number of thioether (sulfide) groups is 1. The summed E-state index contributed by atoms with van der Waals surface area (Å²) in [4.78, 5) is 20.4. The summed E-state index contributed by atoms with van der Waals surface area (Å²) in [6, 6.07) is 13.1. The Morgan fingerprint density at radius 3 is 2.74 bits per heavy atom. The maximum absolute atomic E-state index is 13.0. The highest BCUT2D eigenvalue weighted by atomic mass is 35.5. The third-order valence-electron chi connectivity index (χ3n) is 4.56. The topological polar surface area (TPSA) is 65.5 Å². The molecule has 1 saturated heterocycles. The Morgan fingerprint density at radius 1 is 1.19 bits per heavy atom. The van der Waals surface area contributed by atoms with Crippen molar-refractivity contribution in [2.45, 2.75) is 36.7 Å². The van der Waals surface area contributed by atoms with E-state index in [1.807, 2.05) is 35.2 Å². The molecule has 27 heavy (non-hydrogen) atoms. The molecule has 3 rings (SSSR count). The van der Waals surface area contributed by atoms with Gasteiger partial charge in [-0.05, 0) is 68.8 Å². The molecule has 0 spiro atoms. The van der Waals surface area contributed by atoms with Crippen LogP contribution in [0.15, 0.2) is 53.6 Å². The van der Waals surface area contributed by atoms with Crippen LogP contribution in [0, 0.1) is 0 Å². The number of hydrogen-bond donors (Lipinski definition) is 2. The fraction of sp³-hybridized carbons (Fsp3) is 0.400. The average Bonchev–Trinajstić information content (AvgIpc) is 2.95. The molecule has 2 heterocycles. The lowest BCUT2D eigenvalue weighted by Gasteiger charge is -2.31. The van der Waals surface area contributed by atoms with Crippen molar-refractivity contribution >= 4 is 30.1 Å². The normalized spacial score (nSPS) is 16.8. The second-order valence-corrected chi connectivity index (χ2v) is 7.51. The molecule has 1 unspecified atom stereocenters. The first-order chi connectivity index (χ1) is 12.7. The van der Waals surface area contributed by atoms with Gasteiger partial charge >= 0.3 is 0 Å². The number of halogens is 1. The standard InChI is InChI=1S/C20H25N3O2S.ClH/c24-18-6-8-19(9-7-18)26-15-20(25)23(14-16-4-1-2-12-22-16)17-5-3-11-21-13-10-17;/h1-2,4,6-9,12,17,21,24H,3,5,10-11,13-15H2;1H. The third-order valence-corrected chi connectivity index (χ3v) is 5.56. The molecule has 0 aliphatic carbocycles. The summed E-state index contributed by atoms with van der Waals surface area (Å²) in [5, 5.41) is 12.8. The van der Waals surface area contributed by atoms with Gasteiger partial charge < -0.3 is 15.3 Å². The Labute approximate surface area is 171 Å². The minimum absolute atomic E-state index is 0. The minimum atomic E-state index is 0. The first kappa shape index (κ1) is 21.5. The van der Waals surface area contributed by atoms with Crippen LogP contribution in [0.1, 0.15) is 25.0 Å². The number of carbonyl (C=O) groups is 1. The lowest BCUT2D eigenvalue weighted by atomic mass is 10.1. The van der Waals surface area contributed by atoms with Gasteiger partial charge in [-0.2, -0.15) is 0 Å². The average molecular weight is 408 g/mol. The fourth-order valence-electron chi connectivity index (χ4n) is 3.17. The molecule has 1 aromatic carbocycles. The van der Waals surface area contributed by atoms with E-state index in [9.17, 15) is 9.90 Å². The number of nitrogens with zero attached hydrogens (tertiary/aromatic N) is 2. The molecule has 5 nitrogen and oxygen atoms in total.